The maximum absolute atomic E-state index is 12.4. The van der Waals surface area contributed by atoms with E-state index in [2.05, 4.69) is 20.7 Å². The van der Waals surface area contributed by atoms with E-state index >= 15 is 0 Å². The Bertz CT molecular complexity index is 580. The molecule has 0 bridgehead atoms. The summed E-state index contributed by atoms with van der Waals surface area (Å²) in [5, 5.41) is 0. The summed E-state index contributed by atoms with van der Waals surface area (Å²) in [7, 11) is -0.602. The van der Waals surface area contributed by atoms with Crippen LogP contribution in [0.15, 0.2) is 21.5 Å². The Hall–Kier alpha value is -0.180. The standard InChI is InChI=1S/C13H19BrClNO4S/c1-9-12(14)4-10(6-15)5-13(9)21(17,18)16-7-11(20-3)8-19-2/h4-5,11,16H,6-8H2,1-3H3. The lowest BCUT2D eigenvalue weighted by Gasteiger charge is -2.16. The summed E-state index contributed by atoms with van der Waals surface area (Å²) < 4.78 is 38.2. The fourth-order valence-electron chi connectivity index (χ4n) is 1.74. The minimum absolute atomic E-state index is 0.134. The lowest BCUT2D eigenvalue weighted by Crippen LogP contribution is -2.35. The second-order valence-corrected chi connectivity index (χ2v) is 7.36. The molecule has 0 amide bonds. The molecule has 0 saturated carbocycles. The number of hydrogen-bond acceptors (Lipinski definition) is 4. The second kappa shape index (κ2) is 8.45. The van der Waals surface area contributed by atoms with Crippen molar-refractivity contribution >= 4 is 37.6 Å². The van der Waals surface area contributed by atoms with Crippen LogP contribution in [0.2, 0.25) is 0 Å². The third-order valence-corrected chi connectivity index (χ3v) is 5.67. The molecule has 1 atom stereocenters. The van der Waals surface area contributed by atoms with E-state index in [0.717, 1.165) is 5.56 Å². The first-order valence-corrected chi connectivity index (χ1v) is 9.03. The van der Waals surface area contributed by atoms with Gasteiger partial charge < -0.3 is 9.47 Å². The van der Waals surface area contributed by atoms with Crippen LogP contribution in [0.4, 0.5) is 0 Å². The lowest BCUT2D eigenvalue weighted by atomic mass is 10.2. The summed E-state index contributed by atoms with van der Waals surface area (Å²) in [5.74, 6) is 0.242. The highest BCUT2D eigenvalue weighted by atomic mass is 79.9. The van der Waals surface area contributed by atoms with Gasteiger partial charge in [0.25, 0.3) is 0 Å². The van der Waals surface area contributed by atoms with Crippen molar-refractivity contribution in [3.8, 4) is 0 Å². The van der Waals surface area contributed by atoms with Crippen LogP contribution in [0.5, 0.6) is 0 Å². The zero-order chi connectivity index (χ0) is 16.0. The van der Waals surface area contributed by atoms with Gasteiger partial charge in [0.2, 0.25) is 10.0 Å². The van der Waals surface area contributed by atoms with Crippen LogP contribution in [0, 0.1) is 6.92 Å². The van der Waals surface area contributed by atoms with Crippen LogP contribution in [-0.4, -0.2) is 41.9 Å². The first-order chi connectivity index (χ1) is 9.85. The number of rotatable bonds is 8. The molecule has 1 N–H and O–H groups in total. The molecule has 21 heavy (non-hydrogen) atoms. The van der Waals surface area contributed by atoms with Crippen molar-refractivity contribution in [1.29, 1.82) is 0 Å². The number of methoxy groups -OCH3 is 2. The molecule has 1 unspecified atom stereocenters. The highest BCUT2D eigenvalue weighted by Crippen LogP contribution is 2.26. The molecule has 0 fully saturated rings. The first-order valence-electron chi connectivity index (χ1n) is 6.22. The van der Waals surface area contributed by atoms with Crippen molar-refractivity contribution < 1.29 is 17.9 Å². The number of ether oxygens (including phenoxy) is 2. The van der Waals surface area contributed by atoms with Gasteiger partial charge in [0.1, 0.15) is 0 Å². The predicted molar refractivity (Wildman–Crippen MR) is 86.3 cm³/mol. The van der Waals surface area contributed by atoms with Gasteiger partial charge >= 0.3 is 0 Å². The molecule has 0 aliphatic carbocycles. The number of hydrogen-bond donors (Lipinski definition) is 1. The third-order valence-electron chi connectivity index (χ3n) is 2.99. The van der Waals surface area contributed by atoms with Crippen LogP contribution in [-0.2, 0) is 25.4 Å². The highest BCUT2D eigenvalue weighted by Gasteiger charge is 2.21. The van der Waals surface area contributed by atoms with Crippen LogP contribution < -0.4 is 4.72 Å². The maximum atomic E-state index is 12.4. The van der Waals surface area contributed by atoms with Crippen LogP contribution >= 0.6 is 27.5 Å². The number of sulfonamides is 1. The molecule has 0 aromatic heterocycles. The molecule has 0 saturated heterocycles. The van der Waals surface area contributed by atoms with Crippen LogP contribution in [0.25, 0.3) is 0 Å². The van der Waals surface area contributed by atoms with Gasteiger partial charge in [-0.2, -0.15) is 0 Å². The van der Waals surface area contributed by atoms with E-state index in [1.165, 1.54) is 14.2 Å². The number of halogens is 2. The summed E-state index contributed by atoms with van der Waals surface area (Å²) in [6.07, 6.45) is -0.343. The van der Waals surface area contributed by atoms with Crippen molar-refractivity contribution in [2.24, 2.45) is 0 Å². The minimum atomic E-state index is -3.64. The Morgan fingerprint density at radius 1 is 1.38 bits per heavy atom. The largest absolute Gasteiger partial charge is 0.382 e. The van der Waals surface area contributed by atoms with Gasteiger partial charge in [-0.1, -0.05) is 15.9 Å². The molecule has 0 aliphatic heterocycles. The summed E-state index contributed by atoms with van der Waals surface area (Å²) in [6.45, 7) is 2.18. The van der Waals surface area contributed by atoms with Gasteiger partial charge in [-0.15, -0.1) is 11.6 Å². The van der Waals surface area contributed by atoms with Crippen molar-refractivity contribution in [2.75, 3.05) is 27.4 Å². The molecule has 0 spiro atoms. The molecular weight excluding hydrogens is 382 g/mol. The van der Waals surface area contributed by atoms with E-state index in [9.17, 15) is 8.42 Å². The second-order valence-electron chi connectivity index (χ2n) is 4.50. The number of benzene rings is 1. The average molecular weight is 401 g/mol. The molecule has 1 aromatic rings. The van der Waals surface area contributed by atoms with Gasteiger partial charge in [-0.05, 0) is 30.2 Å². The topological polar surface area (TPSA) is 64.6 Å². The average Bonchev–Trinajstić information content (AvgIpc) is 2.45. The Labute approximate surface area is 139 Å². The van der Waals surface area contributed by atoms with E-state index in [1.54, 1.807) is 13.0 Å². The third kappa shape index (κ3) is 5.19. The molecular formula is C13H19BrClNO4S. The van der Waals surface area contributed by atoms with Gasteiger partial charge in [0.05, 0.1) is 17.6 Å². The van der Waals surface area contributed by atoms with Crippen molar-refractivity contribution in [3.63, 3.8) is 0 Å². The minimum Gasteiger partial charge on any atom is -0.382 e. The molecule has 1 rings (SSSR count). The number of alkyl halides is 1. The zero-order valence-electron chi connectivity index (χ0n) is 12.2. The van der Waals surface area contributed by atoms with Gasteiger partial charge in [0, 0.05) is 31.1 Å². The summed E-state index contributed by atoms with van der Waals surface area (Å²) in [6, 6.07) is 3.39. The fourth-order valence-corrected chi connectivity index (χ4v) is 3.91. The van der Waals surface area contributed by atoms with Crippen molar-refractivity contribution in [3.05, 3.63) is 27.7 Å². The maximum Gasteiger partial charge on any atom is 0.240 e. The predicted octanol–water partition coefficient (Wildman–Crippen LogP) is 2.44. The van der Waals surface area contributed by atoms with Gasteiger partial charge in [-0.25, -0.2) is 13.1 Å². The van der Waals surface area contributed by atoms with Crippen LogP contribution in [0.3, 0.4) is 0 Å². The van der Waals surface area contributed by atoms with E-state index in [0.29, 0.717) is 16.6 Å². The van der Waals surface area contributed by atoms with Crippen molar-refractivity contribution in [2.45, 2.75) is 23.8 Å². The zero-order valence-corrected chi connectivity index (χ0v) is 15.3. The van der Waals surface area contributed by atoms with Gasteiger partial charge in [-0.3, -0.25) is 0 Å². The monoisotopic (exact) mass is 399 g/mol. The lowest BCUT2D eigenvalue weighted by molar-refractivity contribution is 0.0320. The smallest absolute Gasteiger partial charge is 0.240 e. The molecule has 5 nitrogen and oxygen atoms in total. The molecule has 0 aliphatic rings. The Morgan fingerprint density at radius 3 is 2.57 bits per heavy atom. The Balaban J connectivity index is 3.00. The molecule has 1 aromatic carbocycles. The normalized spacial score (nSPS) is 13.4. The summed E-state index contributed by atoms with van der Waals surface area (Å²) in [5.41, 5.74) is 1.37. The van der Waals surface area contributed by atoms with E-state index in [-0.39, 0.29) is 23.4 Å². The molecule has 8 heteroatoms. The molecule has 0 radical (unpaired) electrons. The van der Waals surface area contributed by atoms with E-state index < -0.39 is 10.0 Å². The van der Waals surface area contributed by atoms with Crippen LogP contribution in [0.1, 0.15) is 11.1 Å². The number of nitrogens with one attached hydrogen (secondary N) is 1. The fraction of sp³-hybridized carbons (Fsp3) is 0.538. The highest BCUT2D eigenvalue weighted by molar-refractivity contribution is 9.10. The van der Waals surface area contributed by atoms with E-state index in [1.807, 2.05) is 6.07 Å². The first kappa shape index (κ1) is 18.9. The summed E-state index contributed by atoms with van der Waals surface area (Å²) in [4.78, 5) is 0.208. The quantitative estimate of drug-likeness (QED) is 0.681. The molecule has 120 valence electrons. The van der Waals surface area contributed by atoms with Gasteiger partial charge in [0.15, 0.2) is 0 Å². The Kier molecular flexibility index (Phi) is 7.59. The molecule has 0 heterocycles. The summed E-state index contributed by atoms with van der Waals surface area (Å²) >= 11 is 9.15. The Morgan fingerprint density at radius 2 is 2.05 bits per heavy atom. The SMILES string of the molecule is COCC(CNS(=O)(=O)c1cc(CCl)cc(Br)c1C)OC. The van der Waals surface area contributed by atoms with E-state index in [4.69, 9.17) is 21.1 Å². The van der Waals surface area contributed by atoms with Crippen molar-refractivity contribution in [1.82, 2.24) is 4.72 Å².